The van der Waals surface area contributed by atoms with Gasteiger partial charge in [-0.25, -0.2) is 21.2 Å². The van der Waals surface area contributed by atoms with Crippen molar-refractivity contribution in [1.29, 1.82) is 0 Å². The number of anilines is 2. The number of rotatable bonds is 15. The van der Waals surface area contributed by atoms with Gasteiger partial charge in [-0.3, -0.25) is 18.6 Å². The standard InChI is InChI=1S/C26H29ClF3N5O3S.C20H20ClF2N5O3S/c27-18-2-1-3-22(14-18)35(16-20-7-4-17(15-31-20)25-32-33-26(38-25)24(29)30)39(36,37)23-10-12-34(13-11-23)21-8-5-19(28)6-9-21;21-14-2-1-3-16(10-14)28(32(29,30)17-6-8-24-9-7-17)12-15-5-4-13(11-25-15)19-26-27-20(31-19)18(22)23/h1-4,7,14-15,19,21,23-24H,5-6,8-13,16H2;1-5,10-11,17-18,24H,6-9,12H2. The van der Waals surface area contributed by atoms with Crippen LogP contribution in [0.3, 0.4) is 0 Å². The first-order chi connectivity index (χ1) is 34.0. The zero-order valence-electron chi connectivity index (χ0n) is 37.9. The normalized spacial score (nSPS) is 18.6. The molecule has 3 aliphatic rings. The van der Waals surface area contributed by atoms with Crippen LogP contribution in [0.25, 0.3) is 22.9 Å². The summed E-state index contributed by atoms with van der Waals surface area (Å²) in [5.41, 5.74) is 2.46. The second-order valence-electron chi connectivity index (χ2n) is 17.2. The van der Waals surface area contributed by atoms with Crippen LogP contribution in [0, 0.1) is 0 Å². The van der Waals surface area contributed by atoms with E-state index in [-0.39, 0.29) is 24.9 Å². The summed E-state index contributed by atoms with van der Waals surface area (Å²) in [4.78, 5) is 10.9. The van der Waals surface area contributed by atoms with E-state index in [4.69, 9.17) is 32.0 Å². The van der Waals surface area contributed by atoms with Gasteiger partial charge in [0.2, 0.25) is 31.8 Å². The van der Waals surface area contributed by atoms with Crippen molar-refractivity contribution in [3.05, 3.63) is 118 Å². The molecule has 1 aliphatic carbocycles. The molecule has 2 aliphatic heterocycles. The maximum absolute atomic E-state index is 14.0. The van der Waals surface area contributed by atoms with Gasteiger partial charge in [0, 0.05) is 28.5 Å². The fourth-order valence-electron chi connectivity index (χ4n) is 8.77. The number of nitrogens with zero attached hydrogens (tertiary/aromatic N) is 9. The highest BCUT2D eigenvalue weighted by Crippen LogP contribution is 2.34. The lowest BCUT2D eigenvalue weighted by atomic mass is 9.91. The predicted octanol–water partition coefficient (Wildman–Crippen LogP) is 9.62. The van der Waals surface area contributed by atoms with Crippen molar-refractivity contribution in [2.75, 3.05) is 34.8 Å². The number of sulfonamides is 2. The quantitative estimate of drug-likeness (QED) is 0.0956. The van der Waals surface area contributed by atoms with E-state index in [9.17, 15) is 38.8 Å². The number of alkyl halides is 5. The molecule has 0 atom stereocenters. The zero-order chi connectivity index (χ0) is 50.3. The molecule has 25 heteroatoms. The highest BCUT2D eigenvalue weighted by Gasteiger charge is 2.38. The van der Waals surface area contributed by atoms with Gasteiger partial charge in [0.1, 0.15) is 6.17 Å². The van der Waals surface area contributed by atoms with Gasteiger partial charge in [-0.15, -0.1) is 20.4 Å². The van der Waals surface area contributed by atoms with E-state index in [2.05, 4.69) is 40.6 Å². The van der Waals surface area contributed by atoms with Gasteiger partial charge in [-0.1, -0.05) is 35.3 Å². The van der Waals surface area contributed by atoms with Gasteiger partial charge >= 0.3 is 12.9 Å². The lowest BCUT2D eigenvalue weighted by molar-refractivity contribution is 0.103. The van der Waals surface area contributed by atoms with Crippen molar-refractivity contribution in [2.45, 2.75) is 100 Å². The molecule has 3 fully saturated rings. The summed E-state index contributed by atoms with van der Waals surface area (Å²) in [5.74, 6) is -1.75. The van der Waals surface area contributed by atoms with Crippen molar-refractivity contribution in [3.63, 3.8) is 0 Å². The summed E-state index contributed by atoms with van der Waals surface area (Å²) in [7, 11) is -7.49. The van der Waals surface area contributed by atoms with Crippen LogP contribution in [0.2, 0.25) is 10.0 Å². The van der Waals surface area contributed by atoms with Gasteiger partial charge in [0.15, 0.2) is 0 Å². The Morgan fingerprint density at radius 1 is 0.620 bits per heavy atom. The average molecular weight is 1070 g/mol. The topological polar surface area (TPSA) is 194 Å². The highest BCUT2D eigenvalue weighted by atomic mass is 35.5. The van der Waals surface area contributed by atoms with E-state index < -0.39 is 61.4 Å². The maximum Gasteiger partial charge on any atom is 0.314 e. The summed E-state index contributed by atoms with van der Waals surface area (Å²) >= 11 is 12.3. The molecule has 0 spiro atoms. The summed E-state index contributed by atoms with van der Waals surface area (Å²) in [5, 5.41) is 16.7. The van der Waals surface area contributed by atoms with Gasteiger partial charge in [0.05, 0.1) is 57.5 Å². The van der Waals surface area contributed by atoms with Crippen molar-refractivity contribution in [1.82, 2.24) is 40.6 Å². The fraction of sp³-hybridized carbons (Fsp3) is 0.435. The molecule has 9 rings (SSSR count). The molecule has 0 bridgehead atoms. The Balaban J connectivity index is 0.000000194. The third-order valence-electron chi connectivity index (χ3n) is 12.6. The number of hydrogen-bond acceptors (Lipinski definition) is 14. The molecular weight excluding hydrogens is 1020 g/mol. The van der Waals surface area contributed by atoms with Crippen molar-refractivity contribution in [2.24, 2.45) is 0 Å². The predicted molar refractivity (Wildman–Crippen MR) is 256 cm³/mol. The minimum Gasteiger partial charge on any atom is -0.415 e. The van der Waals surface area contributed by atoms with E-state index in [0.29, 0.717) is 115 Å². The Hall–Kier alpha value is -5.33. The largest absolute Gasteiger partial charge is 0.415 e. The van der Waals surface area contributed by atoms with Gasteiger partial charge < -0.3 is 19.1 Å². The summed E-state index contributed by atoms with van der Waals surface area (Å²) < 4.78 is 132. The number of benzene rings is 2. The smallest absolute Gasteiger partial charge is 0.314 e. The first-order valence-corrected chi connectivity index (χ1v) is 26.6. The molecule has 0 amide bonds. The van der Waals surface area contributed by atoms with Gasteiger partial charge in [-0.2, -0.15) is 17.6 Å². The number of nitrogens with one attached hydrogen (secondary N) is 1. The SMILES string of the molecule is O=S(=O)(C1CCN(C2CCC(F)CC2)CC1)N(Cc1ccc(-c2nnc(C(F)F)o2)cn1)c1cccc(Cl)c1.O=S(=O)(C1CCNCC1)N(Cc1ccc(-c2nnc(C(F)F)o2)cn1)c1cccc(Cl)c1. The number of pyridine rings is 2. The van der Waals surface area contributed by atoms with E-state index in [1.165, 1.54) is 21.0 Å². The summed E-state index contributed by atoms with van der Waals surface area (Å²) in [6.45, 7) is 2.49. The molecule has 2 aromatic carbocycles. The average Bonchev–Trinajstić information content (AvgIpc) is 4.09. The van der Waals surface area contributed by atoms with E-state index in [1.807, 2.05) is 0 Å². The lowest BCUT2D eigenvalue weighted by Gasteiger charge is -2.40. The lowest BCUT2D eigenvalue weighted by Crippen LogP contribution is -2.49. The minimum atomic E-state index is -3.80. The molecule has 1 saturated carbocycles. The molecule has 4 aromatic heterocycles. The van der Waals surface area contributed by atoms with Crippen LogP contribution in [-0.4, -0.2) is 101 Å². The first kappa shape index (κ1) is 52.0. The molecular formula is C46H49Cl2F5N10O6S2. The van der Waals surface area contributed by atoms with E-state index >= 15 is 0 Å². The van der Waals surface area contributed by atoms with Gasteiger partial charge in [0.25, 0.3) is 11.8 Å². The molecule has 0 radical (unpaired) electrons. The Kier molecular flexibility index (Phi) is 16.9. The van der Waals surface area contributed by atoms with Crippen LogP contribution in [0.4, 0.5) is 33.3 Å². The molecule has 16 nitrogen and oxygen atoms in total. The Labute approximate surface area is 417 Å². The zero-order valence-corrected chi connectivity index (χ0v) is 41.0. The van der Waals surface area contributed by atoms with Gasteiger partial charge in [-0.05, 0) is 138 Å². The molecule has 1 N–H and O–H groups in total. The Morgan fingerprint density at radius 3 is 1.46 bits per heavy atom. The molecule has 380 valence electrons. The minimum absolute atomic E-state index is 0.0149. The number of hydrogen-bond donors (Lipinski definition) is 1. The van der Waals surface area contributed by atoms with Crippen molar-refractivity contribution < 1.29 is 47.6 Å². The number of aromatic nitrogens is 6. The fourth-order valence-corrected chi connectivity index (χ4v) is 12.9. The van der Waals surface area contributed by atoms with E-state index in [1.54, 1.807) is 72.8 Å². The van der Waals surface area contributed by atoms with Crippen molar-refractivity contribution >= 4 is 54.6 Å². The highest BCUT2D eigenvalue weighted by molar-refractivity contribution is 7.93. The summed E-state index contributed by atoms with van der Waals surface area (Å²) in [6.07, 6.45) is 1.01. The monoisotopic (exact) mass is 1070 g/mol. The summed E-state index contributed by atoms with van der Waals surface area (Å²) in [6, 6.07) is 19.9. The maximum atomic E-state index is 14.0. The molecule has 71 heavy (non-hydrogen) atoms. The first-order valence-electron chi connectivity index (χ1n) is 22.8. The number of likely N-dealkylation sites (tertiary alicyclic amines) is 1. The van der Waals surface area contributed by atoms with Crippen LogP contribution in [0.1, 0.15) is 87.4 Å². The molecule has 2 saturated heterocycles. The van der Waals surface area contributed by atoms with Crippen LogP contribution >= 0.6 is 23.2 Å². The Bertz CT molecular complexity index is 2920. The van der Waals surface area contributed by atoms with Crippen LogP contribution in [0.15, 0.2) is 94.0 Å². The van der Waals surface area contributed by atoms with Crippen molar-refractivity contribution in [3.8, 4) is 22.9 Å². The third-order valence-corrected chi connectivity index (χ3v) is 17.6. The number of halogens is 7. The number of piperidine rings is 2. The second kappa shape index (κ2) is 23.0. The van der Waals surface area contributed by atoms with Crippen LogP contribution < -0.4 is 13.9 Å². The molecule has 6 aromatic rings. The Morgan fingerprint density at radius 2 is 1.07 bits per heavy atom. The molecule has 0 unspecified atom stereocenters. The van der Waals surface area contributed by atoms with Crippen LogP contribution in [0.5, 0.6) is 0 Å². The van der Waals surface area contributed by atoms with E-state index in [0.717, 1.165) is 12.8 Å². The molecule has 6 heterocycles. The third kappa shape index (κ3) is 12.8. The second-order valence-corrected chi connectivity index (χ2v) is 22.4. The van der Waals surface area contributed by atoms with Crippen LogP contribution in [-0.2, 0) is 33.1 Å².